The topological polar surface area (TPSA) is 94.7 Å². The van der Waals surface area contributed by atoms with Crippen LogP contribution in [0.2, 0.25) is 0 Å². The van der Waals surface area contributed by atoms with Crippen LogP contribution in [0.25, 0.3) is 22.9 Å². The number of hydrogen-bond donors (Lipinski definition) is 3. The number of rotatable bonds is 2. The molecule has 0 fully saturated rings. The number of para-hydroxylation sites is 2. The number of aromatic amines is 2. The van der Waals surface area contributed by atoms with Crippen molar-refractivity contribution in [1.29, 1.82) is 0 Å². The van der Waals surface area contributed by atoms with Crippen molar-refractivity contribution in [1.82, 2.24) is 19.9 Å². The lowest BCUT2D eigenvalue weighted by atomic mass is 10.2. The maximum absolute atomic E-state index is 11.9. The fourth-order valence-corrected chi connectivity index (χ4v) is 1.96. The molecule has 0 radical (unpaired) electrons. The van der Waals surface area contributed by atoms with Crippen LogP contribution in [0.5, 0.6) is 0 Å². The largest absolute Gasteiger partial charge is 0.506 e. The highest BCUT2D eigenvalue weighted by atomic mass is 16.3. The van der Waals surface area contributed by atoms with Crippen LogP contribution in [0.1, 0.15) is 17.1 Å². The van der Waals surface area contributed by atoms with Crippen molar-refractivity contribution in [3.05, 3.63) is 58.0 Å². The molecule has 0 saturated carbocycles. The third-order valence-corrected chi connectivity index (χ3v) is 2.97. The van der Waals surface area contributed by atoms with E-state index in [-0.39, 0.29) is 17.0 Å². The van der Waals surface area contributed by atoms with E-state index in [9.17, 15) is 9.90 Å². The second kappa shape index (κ2) is 4.65. The number of aliphatic hydroxyl groups excluding tert-OH is 1. The lowest BCUT2D eigenvalue weighted by molar-refractivity contribution is 0.512. The van der Waals surface area contributed by atoms with Gasteiger partial charge in [0.2, 0.25) is 0 Å². The summed E-state index contributed by atoms with van der Waals surface area (Å²) in [5.41, 5.74) is 2.22. The summed E-state index contributed by atoms with van der Waals surface area (Å²) < 4.78 is 0. The maximum atomic E-state index is 11.9. The minimum Gasteiger partial charge on any atom is -0.506 e. The summed E-state index contributed by atoms with van der Waals surface area (Å²) in [6, 6.07) is 7.22. The van der Waals surface area contributed by atoms with Crippen LogP contribution in [-0.2, 0) is 0 Å². The Hall–Kier alpha value is -2.89. The summed E-state index contributed by atoms with van der Waals surface area (Å²) in [6.45, 7) is 1.78. The van der Waals surface area contributed by atoms with Gasteiger partial charge in [0, 0.05) is 11.8 Å². The smallest absolute Gasteiger partial charge is 0.274 e. The zero-order valence-corrected chi connectivity index (χ0v) is 10.7. The summed E-state index contributed by atoms with van der Waals surface area (Å²) in [7, 11) is 0. The van der Waals surface area contributed by atoms with Crippen LogP contribution < -0.4 is 5.56 Å². The lowest BCUT2D eigenvalue weighted by Gasteiger charge is -2.00. The number of imidazole rings is 1. The molecule has 6 nitrogen and oxygen atoms in total. The molecular formula is C14H12N4O2. The highest BCUT2D eigenvalue weighted by Gasteiger charge is 2.09. The maximum Gasteiger partial charge on any atom is 0.274 e. The molecule has 0 atom stereocenters. The van der Waals surface area contributed by atoms with Gasteiger partial charge in [-0.2, -0.15) is 0 Å². The van der Waals surface area contributed by atoms with E-state index in [0.717, 1.165) is 5.69 Å². The normalized spacial score (nSPS) is 11.9. The van der Waals surface area contributed by atoms with E-state index in [1.165, 1.54) is 12.4 Å². The average molecular weight is 268 g/mol. The molecule has 0 saturated heterocycles. The van der Waals surface area contributed by atoms with Gasteiger partial charge in [0.25, 0.3) is 5.56 Å². The molecule has 0 aliphatic rings. The second-order valence-electron chi connectivity index (χ2n) is 4.37. The molecule has 0 amide bonds. The molecule has 3 N–H and O–H groups in total. The Labute approximate surface area is 113 Å². The number of hydrogen-bond acceptors (Lipinski definition) is 4. The molecule has 1 aromatic carbocycles. The highest BCUT2D eigenvalue weighted by Crippen LogP contribution is 2.14. The summed E-state index contributed by atoms with van der Waals surface area (Å²) in [4.78, 5) is 25.7. The number of nitrogens with zero attached hydrogens (tertiary/aromatic N) is 2. The van der Waals surface area contributed by atoms with Gasteiger partial charge in [0.05, 0.1) is 17.4 Å². The lowest BCUT2D eigenvalue weighted by Crippen LogP contribution is -2.12. The Balaban J connectivity index is 2.13. The van der Waals surface area contributed by atoms with Crippen LogP contribution >= 0.6 is 0 Å². The number of nitrogens with one attached hydrogen (secondary N) is 2. The zero-order valence-electron chi connectivity index (χ0n) is 10.7. The zero-order chi connectivity index (χ0) is 14.1. The number of aromatic nitrogens is 4. The Bertz CT molecular complexity index is 861. The fourth-order valence-electron chi connectivity index (χ4n) is 1.96. The van der Waals surface area contributed by atoms with Gasteiger partial charge in [-0.1, -0.05) is 12.1 Å². The van der Waals surface area contributed by atoms with Crippen molar-refractivity contribution in [3.63, 3.8) is 0 Å². The molecule has 0 aliphatic heterocycles. The molecule has 2 aromatic heterocycles. The second-order valence-corrected chi connectivity index (χ2v) is 4.37. The van der Waals surface area contributed by atoms with Gasteiger partial charge in [-0.3, -0.25) is 4.79 Å². The first-order valence-corrected chi connectivity index (χ1v) is 6.05. The standard InChI is InChI=1S/C14H12N4O2/c1-8-13(16-7-15-8)12(19)6-11-14(20)18-10-5-3-2-4-9(10)17-11/h2-7,19H,1H3,(H,15,16)(H,18,20)/b12-6-. The van der Waals surface area contributed by atoms with Gasteiger partial charge in [0.15, 0.2) is 0 Å². The third kappa shape index (κ3) is 2.07. The molecule has 100 valence electrons. The summed E-state index contributed by atoms with van der Waals surface area (Å²) in [5.74, 6) is -0.1000. The van der Waals surface area contributed by atoms with Gasteiger partial charge in [-0.05, 0) is 19.1 Å². The van der Waals surface area contributed by atoms with E-state index in [1.54, 1.807) is 19.1 Å². The minimum atomic E-state index is -0.358. The quantitative estimate of drug-likeness (QED) is 0.619. The first-order valence-electron chi connectivity index (χ1n) is 6.05. The van der Waals surface area contributed by atoms with Gasteiger partial charge < -0.3 is 15.1 Å². The molecule has 2 heterocycles. The monoisotopic (exact) mass is 268 g/mol. The predicted octanol–water partition coefficient (Wildman–Crippen LogP) is 2.01. The van der Waals surface area contributed by atoms with E-state index in [2.05, 4.69) is 19.9 Å². The SMILES string of the molecule is Cc1[nH]cnc1/C(O)=C/c1nc2ccccc2[nH]c1=O. The van der Waals surface area contributed by atoms with E-state index < -0.39 is 0 Å². The third-order valence-electron chi connectivity index (χ3n) is 2.97. The van der Waals surface area contributed by atoms with Gasteiger partial charge >= 0.3 is 0 Å². The molecule has 0 bridgehead atoms. The van der Waals surface area contributed by atoms with Crippen molar-refractivity contribution in [3.8, 4) is 0 Å². The van der Waals surface area contributed by atoms with Gasteiger partial charge in [-0.15, -0.1) is 0 Å². The van der Waals surface area contributed by atoms with E-state index in [4.69, 9.17) is 0 Å². The fraction of sp³-hybridized carbons (Fsp3) is 0.0714. The van der Waals surface area contributed by atoms with Crippen LogP contribution in [0, 0.1) is 6.92 Å². The van der Waals surface area contributed by atoms with Crippen LogP contribution in [0.15, 0.2) is 35.4 Å². The van der Waals surface area contributed by atoms with E-state index in [1.807, 2.05) is 12.1 Å². The Morgan fingerprint density at radius 2 is 2.15 bits per heavy atom. The van der Waals surface area contributed by atoms with E-state index in [0.29, 0.717) is 16.7 Å². The molecule has 0 spiro atoms. The Morgan fingerprint density at radius 3 is 2.90 bits per heavy atom. The number of aryl methyl sites for hydroxylation is 1. The van der Waals surface area contributed by atoms with Crippen molar-refractivity contribution < 1.29 is 5.11 Å². The van der Waals surface area contributed by atoms with Gasteiger partial charge in [-0.25, -0.2) is 9.97 Å². The summed E-state index contributed by atoms with van der Waals surface area (Å²) in [5, 5.41) is 10.0. The number of H-pyrrole nitrogens is 2. The average Bonchev–Trinajstić information content (AvgIpc) is 2.86. The van der Waals surface area contributed by atoms with Crippen LogP contribution in [-0.4, -0.2) is 25.0 Å². The van der Waals surface area contributed by atoms with Crippen LogP contribution in [0.3, 0.4) is 0 Å². The van der Waals surface area contributed by atoms with Gasteiger partial charge in [0.1, 0.15) is 17.1 Å². The first kappa shape index (κ1) is 12.2. The predicted molar refractivity (Wildman–Crippen MR) is 76.2 cm³/mol. The number of benzene rings is 1. The summed E-state index contributed by atoms with van der Waals surface area (Å²) >= 11 is 0. The molecule has 6 heteroatoms. The molecule has 0 aliphatic carbocycles. The molecule has 0 unspecified atom stereocenters. The summed E-state index contributed by atoms with van der Waals surface area (Å²) in [6.07, 6.45) is 2.79. The minimum absolute atomic E-state index is 0.1000. The Kier molecular flexibility index (Phi) is 2.83. The number of aliphatic hydroxyl groups is 1. The van der Waals surface area contributed by atoms with Crippen molar-refractivity contribution >= 4 is 22.9 Å². The van der Waals surface area contributed by atoms with Crippen molar-refractivity contribution in [2.75, 3.05) is 0 Å². The molecule has 20 heavy (non-hydrogen) atoms. The van der Waals surface area contributed by atoms with Crippen molar-refractivity contribution in [2.24, 2.45) is 0 Å². The Morgan fingerprint density at radius 1 is 1.35 bits per heavy atom. The molecule has 3 aromatic rings. The highest BCUT2D eigenvalue weighted by molar-refractivity contribution is 5.78. The van der Waals surface area contributed by atoms with Crippen molar-refractivity contribution in [2.45, 2.75) is 6.92 Å². The number of fused-ring (bicyclic) bond motifs is 1. The first-order chi connectivity index (χ1) is 9.65. The van der Waals surface area contributed by atoms with E-state index >= 15 is 0 Å². The molecular weight excluding hydrogens is 256 g/mol. The molecule has 3 rings (SSSR count). The van der Waals surface area contributed by atoms with Crippen LogP contribution in [0.4, 0.5) is 0 Å².